The zero-order valence-corrected chi connectivity index (χ0v) is 35.5. The lowest BCUT2D eigenvalue weighted by molar-refractivity contribution is 0.182. The van der Waals surface area contributed by atoms with Gasteiger partial charge in [0, 0.05) is 17.8 Å². The quantitative estimate of drug-likeness (QED) is 0.114. The fourth-order valence-corrected chi connectivity index (χ4v) is 14.1. The predicted octanol–water partition coefficient (Wildman–Crippen LogP) is 15.5. The van der Waals surface area contributed by atoms with Gasteiger partial charge in [-0.05, 0) is 161 Å². The number of benzene rings is 1. The van der Waals surface area contributed by atoms with Crippen LogP contribution in [-0.2, 0) is 12.8 Å². The van der Waals surface area contributed by atoms with E-state index >= 15 is 0 Å². The Balaban J connectivity index is 1.22. The molecule has 0 nitrogen and oxygen atoms in total. The van der Waals surface area contributed by atoms with Crippen LogP contribution in [0.2, 0.25) is 0 Å². The van der Waals surface area contributed by atoms with Gasteiger partial charge in [-0.1, -0.05) is 141 Å². The van der Waals surface area contributed by atoms with Gasteiger partial charge in [-0.2, -0.15) is 11.8 Å². The van der Waals surface area contributed by atoms with E-state index < -0.39 is 0 Å². The third-order valence-corrected chi connectivity index (χ3v) is 16.6. The van der Waals surface area contributed by atoms with Gasteiger partial charge in [0.1, 0.15) is 0 Å². The van der Waals surface area contributed by atoms with E-state index in [-0.39, 0.29) is 0 Å². The summed E-state index contributed by atoms with van der Waals surface area (Å²) < 4.78 is 0. The van der Waals surface area contributed by atoms with E-state index in [0.29, 0.717) is 17.8 Å². The van der Waals surface area contributed by atoms with Gasteiger partial charge in [-0.25, -0.2) is 0 Å². The topological polar surface area (TPSA) is 0 Å². The summed E-state index contributed by atoms with van der Waals surface area (Å²) in [6.07, 6.45) is 35.6. The minimum atomic E-state index is 0.563. The lowest BCUT2D eigenvalue weighted by Gasteiger charge is -2.58. The molecule has 8 rings (SSSR count). The van der Waals surface area contributed by atoms with Gasteiger partial charge >= 0.3 is 0 Å². The first-order valence-corrected chi connectivity index (χ1v) is 24.7. The Kier molecular flexibility index (Phi) is 12.4. The van der Waals surface area contributed by atoms with Crippen LogP contribution in [0.15, 0.2) is 68.9 Å². The molecule has 7 unspecified atom stereocenters. The second-order valence-electron chi connectivity index (χ2n) is 18.6. The first kappa shape index (κ1) is 38.2. The number of allylic oxidation sites excluding steroid dienone is 10. The van der Waals surface area contributed by atoms with E-state index in [1.165, 1.54) is 153 Å². The molecular formula is C52H74S. The molecule has 0 heterocycles. The summed E-state index contributed by atoms with van der Waals surface area (Å²) in [5, 5.41) is 0. The molecular weight excluding hydrogens is 657 g/mol. The summed E-state index contributed by atoms with van der Waals surface area (Å²) in [4.78, 5) is 0. The highest BCUT2D eigenvalue weighted by Gasteiger charge is 2.56. The largest absolute Gasteiger partial charge is 0.162 e. The average molecular weight is 731 g/mol. The van der Waals surface area contributed by atoms with Crippen LogP contribution in [0.1, 0.15) is 197 Å². The molecule has 1 aromatic rings. The summed E-state index contributed by atoms with van der Waals surface area (Å²) >= 11 is 2.22. The summed E-state index contributed by atoms with van der Waals surface area (Å²) in [5.74, 6) is 7.81. The van der Waals surface area contributed by atoms with Crippen molar-refractivity contribution in [3.63, 3.8) is 0 Å². The molecule has 1 fully saturated rings. The first-order valence-electron chi connectivity index (χ1n) is 23.5. The zero-order valence-electron chi connectivity index (χ0n) is 34.7. The molecule has 0 aliphatic heterocycles. The maximum absolute atomic E-state index is 2.90. The number of rotatable bonds is 21. The smallest absolute Gasteiger partial charge is 0.0319 e. The van der Waals surface area contributed by atoms with E-state index in [0.717, 1.165) is 23.7 Å². The number of hydrogen-bond acceptors (Lipinski definition) is 1. The number of aryl methyl sites for hydroxylation is 1. The molecule has 0 N–H and O–H groups in total. The predicted molar refractivity (Wildman–Crippen MR) is 232 cm³/mol. The monoisotopic (exact) mass is 731 g/mol. The van der Waals surface area contributed by atoms with Gasteiger partial charge < -0.3 is 0 Å². The van der Waals surface area contributed by atoms with E-state index in [2.05, 4.69) is 70.7 Å². The lowest BCUT2D eigenvalue weighted by atomic mass is 9.45. The molecule has 0 aromatic heterocycles. The van der Waals surface area contributed by atoms with Gasteiger partial charge in [0.15, 0.2) is 0 Å². The SMILES string of the molecule is CCCCCSCCCCCC1CC2C3=C4C(Cc5c(CCCCC)ccc6c5C4C4=C(CC=C5C(CCC)=CC1C3=C54)C6CCCCC)CC2CC. The molecule has 1 aromatic carbocycles. The highest BCUT2D eigenvalue weighted by Crippen LogP contribution is 2.69. The number of unbranched alkanes of at least 4 members (excludes halogenated alkanes) is 8. The molecule has 53 heavy (non-hydrogen) atoms. The Morgan fingerprint density at radius 1 is 0.698 bits per heavy atom. The molecule has 1 saturated carbocycles. The third kappa shape index (κ3) is 6.90. The van der Waals surface area contributed by atoms with Crippen LogP contribution in [0.25, 0.3) is 0 Å². The van der Waals surface area contributed by atoms with Crippen LogP contribution >= 0.6 is 11.8 Å². The van der Waals surface area contributed by atoms with Crippen LogP contribution in [0.3, 0.4) is 0 Å². The standard InChI is InChI=1S/C52H74S/c1-6-11-15-21-35-24-25-41-40(23-16-12-7-2)42-27-26-39-36(20-9-4)31-45-37(22-17-14-19-29-53-28-18-13-8-3)32-43-34(10-5)30-38-33-44(35)47(41)52-46(38)50(43)51(45)48(39)49(42)52/h24-26,31,34,37-38,40,43,45,52H,6-23,27-30,32-33H2,1-5H3. The Labute approximate surface area is 330 Å². The van der Waals surface area contributed by atoms with E-state index in [4.69, 9.17) is 0 Å². The molecule has 1 heteroatoms. The number of hydrogen-bond donors (Lipinski definition) is 0. The normalized spacial score (nSPS) is 28.8. The van der Waals surface area contributed by atoms with Gasteiger partial charge in [-0.15, -0.1) is 0 Å². The van der Waals surface area contributed by atoms with Crippen molar-refractivity contribution in [1.29, 1.82) is 0 Å². The van der Waals surface area contributed by atoms with Crippen molar-refractivity contribution in [2.75, 3.05) is 11.5 Å². The van der Waals surface area contributed by atoms with E-state index in [1.54, 1.807) is 22.3 Å². The maximum Gasteiger partial charge on any atom is 0.0319 e. The van der Waals surface area contributed by atoms with Crippen LogP contribution in [0.4, 0.5) is 0 Å². The van der Waals surface area contributed by atoms with Crippen molar-refractivity contribution in [1.82, 2.24) is 0 Å². The molecule has 288 valence electrons. The Bertz CT molecular complexity index is 1660. The Hall–Kier alpha value is -1.73. The van der Waals surface area contributed by atoms with E-state index in [9.17, 15) is 0 Å². The minimum Gasteiger partial charge on any atom is -0.162 e. The lowest BCUT2D eigenvalue weighted by Crippen LogP contribution is -2.46. The van der Waals surface area contributed by atoms with Crippen LogP contribution < -0.4 is 0 Å². The molecule has 7 atom stereocenters. The van der Waals surface area contributed by atoms with Gasteiger partial charge in [0.25, 0.3) is 0 Å². The summed E-state index contributed by atoms with van der Waals surface area (Å²) in [6.45, 7) is 12.1. The van der Waals surface area contributed by atoms with Gasteiger partial charge in [-0.3, -0.25) is 0 Å². The molecule has 0 saturated heterocycles. The first-order chi connectivity index (χ1) is 26.1. The zero-order chi connectivity index (χ0) is 36.5. The number of thioether (sulfide) groups is 1. The van der Waals surface area contributed by atoms with Crippen LogP contribution in [0.5, 0.6) is 0 Å². The minimum absolute atomic E-state index is 0.563. The second kappa shape index (κ2) is 17.2. The maximum atomic E-state index is 2.90. The molecule has 0 bridgehead atoms. The summed E-state index contributed by atoms with van der Waals surface area (Å²) in [7, 11) is 0. The van der Waals surface area contributed by atoms with Crippen molar-refractivity contribution in [3.05, 3.63) is 91.1 Å². The van der Waals surface area contributed by atoms with Crippen molar-refractivity contribution < 1.29 is 0 Å². The molecule has 0 amide bonds. The van der Waals surface area contributed by atoms with Gasteiger partial charge in [0.2, 0.25) is 0 Å². The van der Waals surface area contributed by atoms with Crippen LogP contribution in [-0.4, -0.2) is 11.5 Å². The van der Waals surface area contributed by atoms with Gasteiger partial charge in [0.05, 0.1) is 0 Å². The second-order valence-corrected chi connectivity index (χ2v) is 19.8. The van der Waals surface area contributed by atoms with Crippen molar-refractivity contribution >= 4 is 11.8 Å². The van der Waals surface area contributed by atoms with E-state index in [1.807, 2.05) is 44.6 Å². The Morgan fingerprint density at radius 3 is 2.26 bits per heavy atom. The highest BCUT2D eigenvalue weighted by atomic mass is 32.2. The highest BCUT2D eigenvalue weighted by molar-refractivity contribution is 7.99. The molecule has 0 spiro atoms. The fourth-order valence-electron chi connectivity index (χ4n) is 13.1. The fraction of sp³-hybridized carbons (Fsp3) is 0.692. The Morgan fingerprint density at radius 2 is 1.47 bits per heavy atom. The molecule has 7 aliphatic rings. The van der Waals surface area contributed by atoms with Crippen molar-refractivity contribution in [2.24, 2.45) is 29.6 Å². The average Bonchev–Trinajstić information content (AvgIpc) is 3.18. The summed E-state index contributed by atoms with van der Waals surface area (Å²) in [6, 6.07) is 5.34. The van der Waals surface area contributed by atoms with Crippen LogP contribution in [0, 0.1) is 29.6 Å². The van der Waals surface area contributed by atoms with Crippen molar-refractivity contribution in [2.45, 2.75) is 188 Å². The molecule has 0 radical (unpaired) electrons. The summed E-state index contributed by atoms with van der Waals surface area (Å²) in [5.41, 5.74) is 22.1. The third-order valence-electron chi connectivity index (χ3n) is 15.4. The van der Waals surface area contributed by atoms with Crippen molar-refractivity contribution in [3.8, 4) is 0 Å². The molecule has 7 aliphatic carbocycles.